The molecule has 2 aromatic carbocycles. The van der Waals surface area contributed by atoms with E-state index in [1.165, 1.54) is 4.90 Å². The Kier molecular flexibility index (Phi) is 3.46. The third-order valence-corrected chi connectivity index (χ3v) is 4.63. The van der Waals surface area contributed by atoms with Crippen molar-refractivity contribution in [2.75, 3.05) is 18.5 Å². The van der Waals surface area contributed by atoms with Crippen molar-refractivity contribution in [3.8, 4) is 5.75 Å². The number of likely N-dealkylation sites (N-methyl/N-ethyl adjacent to an activating group) is 1. The van der Waals surface area contributed by atoms with Crippen LogP contribution in [0.3, 0.4) is 0 Å². The Bertz CT molecular complexity index is 892. The van der Waals surface area contributed by atoms with Crippen LogP contribution in [0.25, 0.3) is 0 Å². The van der Waals surface area contributed by atoms with Crippen molar-refractivity contribution in [2.24, 2.45) is 0 Å². The average molecular weight is 335 g/mol. The number of rotatable bonds is 2. The summed E-state index contributed by atoms with van der Waals surface area (Å²) in [6.45, 7) is 0.297. The molecule has 126 valence electrons. The number of urea groups is 1. The fourth-order valence-electron chi connectivity index (χ4n) is 3.33. The van der Waals surface area contributed by atoms with Gasteiger partial charge in [0, 0.05) is 18.8 Å². The minimum absolute atomic E-state index is 0.0948. The van der Waals surface area contributed by atoms with E-state index in [0.29, 0.717) is 23.5 Å². The lowest BCUT2D eigenvalue weighted by Crippen LogP contribution is -2.45. The second-order valence-corrected chi connectivity index (χ2v) is 6.12. The number of hydrogen-bond donors (Lipinski definition) is 2. The van der Waals surface area contributed by atoms with Gasteiger partial charge in [0.15, 0.2) is 0 Å². The summed E-state index contributed by atoms with van der Waals surface area (Å²) in [7, 11) is 1.66. The smallest absolute Gasteiger partial charge is 0.322 e. The van der Waals surface area contributed by atoms with Gasteiger partial charge in [-0.3, -0.25) is 9.69 Å². The van der Waals surface area contributed by atoms with Crippen molar-refractivity contribution < 1.29 is 14.7 Å². The van der Waals surface area contributed by atoms with Gasteiger partial charge in [-0.2, -0.15) is 0 Å². The molecule has 0 saturated carbocycles. The lowest BCUT2D eigenvalue weighted by atomic mass is 9.96. The maximum atomic E-state index is 13.1. The lowest BCUT2D eigenvalue weighted by molar-refractivity contribution is -0.114. The van der Waals surface area contributed by atoms with Crippen LogP contribution in [0.5, 0.6) is 5.75 Å². The first-order chi connectivity index (χ1) is 12.1. The number of phenols is 1. The molecule has 3 amide bonds. The molecule has 1 atom stereocenters. The van der Waals surface area contributed by atoms with Crippen LogP contribution in [0, 0.1) is 0 Å². The van der Waals surface area contributed by atoms with Crippen molar-refractivity contribution in [3.05, 3.63) is 71.4 Å². The van der Waals surface area contributed by atoms with Crippen LogP contribution in [0.15, 0.2) is 65.9 Å². The fraction of sp³-hybridized carbons (Fsp3) is 0.158. The van der Waals surface area contributed by atoms with Crippen LogP contribution in [0.2, 0.25) is 0 Å². The van der Waals surface area contributed by atoms with Gasteiger partial charge in [0.05, 0.1) is 23.9 Å². The third-order valence-electron chi connectivity index (χ3n) is 4.63. The van der Waals surface area contributed by atoms with Gasteiger partial charge in [0.1, 0.15) is 5.75 Å². The highest BCUT2D eigenvalue weighted by Gasteiger charge is 2.43. The number of benzene rings is 2. The number of aromatic hydroxyl groups is 1. The highest BCUT2D eigenvalue weighted by atomic mass is 16.3. The van der Waals surface area contributed by atoms with Gasteiger partial charge in [-0.1, -0.05) is 36.4 Å². The largest absolute Gasteiger partial charge is 0.508 e. The van der Waals surface area contributed by atoms with E-state index in [9.17, 15) is 14.7 Å². The number of nitrogens with zero attached hydrogens (tertiary/aromatic N) is 2. The van der Waals surface area contributed by atoms with Gasteiger partial charge >= 0.3 is 6.03 Å². The molecule has 0 saturated heterocycles. The highest BCUT2D eigenvalue weighted by Crippen LogP contribution is 2.37. The van der Waals surface area contributed by atoms with Crippen molar-refractivity contribution in [3.63, 3.8) is 0 Å². The van der Waals surface area contributed by atoms with E-state index in [1.807, 2.05) is 30.3 Å². The van der Waals surface area contributed by atoms with E-state index in [4.69, 9.17) is 0 Å². The Morgan fingerprint density at radius 1 is 1.08 bits per heavy atom. The summed E-state index contributed by atoms with van der Waals surface area (Å²) in [5.41, 5.74) is 2.72. The molecule has 6 heteroatoms. The number of nitrogens with one attached hydrogen (secondary N) is 1. The molecule has 0 aliphatic carbocycles. The van der Waals surface area contributed by atoms with Crippen molar-refractivity contribution in [1.29, 1.82) is 0 Å². The molecule has 0 spiro atoms. The molecule has 0 radical (unpaired) electrons. The summed E-state index contributed by atoms with van der Waals surface area (Å²) in [5, 5.41) is 12.6. The first-order valence-electron chi connectivity index (χ1n) is 7.99. The van der Waals surface area contributed by atoms with Crippen LogP contribution >= 0.6 is 0 Å². The Balaban J connectivity index is 1.77. The molecule has 2 aliphatic rings. The summed E-state index contributed by atoms with van der Waals surface area (Å²) in [4.78, 5) is 28.5. The molecule has 0 fully saturated rings. The van der Waals surface area contributed by atoms with Crippen LogP contribution in [0.4, 0.5) is 10.5 Å². The van der Waals surface area contributed by atoms with Gasteiger partial charge in [0.2, 0.25) is 0 Å². The van der Waals surface area contributed by atoms with Crippen LogP contribution in [0.1, 0.15) is 11.6 Å². The average Bonchev–Trinajstić information content (AvgIpc) is 2.97. The minimum atomic E-state index is -0.477. The molecule has 2 N–H and O–H groups in total. The molecule has 2 aromatic rings. The summed E-state index contributed by atoms with van der Waals surface area (Å²) in [6, 6.07) is 15.3. The third kappa shape index (κ3) is 2.42. The Labute approximate surface area is 145 Å². The standard InChI is InChI=1S/C19H17N3O3/c1-21-15-11-22(13-8-5-9-14(23)10-13)18(24)16(15)17(20-19(21)25)12-6-3-2-4-7-12/h2-10,17,23H,11H2,1H3,(H,20,25)/t17-/m0/s1. The summed E-state index contributed by atoms with van der Waals surface area (Å²) in [6.07, 6.45) is 0. The lowest BCUT2D eigenvalue weighted by Gasteiger charge is -2.31. The van der Waals surface area contributed by atoms with E-state index < -0.39 is 6.04 Å². The van der Waals surface area contributed by atoms with E-state index in [2.05, 4.69) is 5.32 Å². The van der Waals surface area contributed by atoms with Gasteiger partial charge < -0.3 is 15.3 Å². The zero-order chi connectivity index (χ0) is 17.6. The summed E-state index contributed by atoms with van der Waals surface area (Å²) >= 11 is 0. The zero-order valence-corrected chi connectivity index (χ0v) is 13.6. The maximum Gasteiger partial charge on any atom is 0.322 e. The molecule has 0 bridgehead atoms. The SMILES string of the molecule is CN1C(=O)N[C@@H](c2ccccc2)C2=C1CN(c1cccc(O)c1)C2=O. The van der Waals surface area contributed by atoms with Crippen molar-refractivity contribution >= 4 is 17.6 Å². The normalized spacial score (nSPS) is 20.0. The quantitative estimate of drug-likeness (QED) is 0.885. The van der Waals surface area contributed by atoms with Crippen molar-refractivity contribution in [2.45, 2.75) is 6.04 Å². The van der Waals surface area contributed by atoms with Crippen molar-refractivity contribution in [1.82, 2.24) is 10.2 Å². The molecule has 6 nitrogen and oxygen atoms in total. The molecule has 25 heavy (non-hydrogen) atoms. The molecule has 0 unspecified atom stereocenters. The van der Waals surface area contributed by atoms with Gasteiger partial charge in [-0.05, 0) is 17.7 Å². The van der Waals surface area contributed by atoms with E-state index >= 15 is 0 Å². The molecule has 2 aliphatic heterocycles. The number of phenolic OH excluding ortho intramolecular Hbond substituents is 1. The summed E-state index contributed by atoms with van der Waals surface area (Å²) in [5.74, 6) is -0.0707. The number of amides is 3. The maximum absolute atomic E-state index is 13.1. The second-order valence-electron chi connectivity index (χ2n) is 6.12. The summed E-state index contributed by atoms with van der Waals surface area (Å²) < 4.78 is 0. The van der Waals surface area contributed by atoms with Gasteiger partial charge in [0.25, 0.3) is 5.91 Å². The number of hydrogen-bond acceptors (Lipinski definition) is 3. The fourth-order valence-corrected chi connectivity index (χ4v) is 3.33. The molecule has 2 heterocycles. The highest BCUT2D eigenvalue weighted by molar-refractivity contribution is 6.11. The number of anilines is 1. The minimum Gasteiger partial charge on any atom is -0.508 e. The first kappa shape index (κ1) is 15.3. The van der Waals surface area contributed by atoms with E-state index in [1.54, 1.807) is 36.2 Å². The van der Waals surface area contributed by atoms with Gasteiger partial charge in [-0.15, -0.1) is 0 Å². The Morgan fingerprint density at radius 2 is 1.84 bits per heavy atom. The predicted molar refractivity (Wildman–Crippen MR) is 93.0 cm³/mol. The number of carbonyl (C=O) groups excluding carboxylic acids is 2. The second kappa shape index (κ2) is 5.66. The Hall–Kier alpha value is -3.28. The number of carbonyl (C=O) groups is 2. The monoisotopic (exact) mass is 335 g/mol. The first-order valence-corrected chi connectivity index (χ1v) is 7.99. The van der Waals surface area contributed by atoms with Crippen LogP contribution in [-0.2, 0) is 4.79 Å². The molecule has 4 rings (SSSR count). The topological polar surface area (TPSA) is 72.9 Å². The molecular weight excluding hydrogens is 318 g/mol. The zero-order valence-electron chi connectivity index (χ0n) is 13.6. The van der Waals surface area contributed by atoms with Crippen LogP contribution < -0.4 is 10.2 Å². The van der Waals surface area contributed by atoms with E-state index in [-0.39, 0.29) is 17.7 Å². The van der Waals surface area contributed by atoms with E-state index in [0.717, 1.165) is 5.56 Å². The molecular formula is C19H17N3O3. The predicted octanol–water partition coefficient (Wildman–Crippen LogP) is 2.39. The van der Waals surface area contributed by atoms with Gasteiger partial charge in [-0.25, -0.2) is 4.79 Å². The van der Waals surface area contributed by atoms with Crippen LogP contribution in [-0.4, -0.2) is 35.5 Å². The Morgan fingerprint density at radius 3 is 2.56 bits per heavy atom. The molecule has 0 aromatic heterocycles.